The molecule has 1 N–H and O–H groups in total. The minimum atomic E-state index is -5.26. The number of rotatable bonds is 6. The van der Waals surface area contributed by atoms with Gasteiger partial charge in [-0.1, -0.05) is 17.7 Å². The van der Waals surface area contributed by atoms with Gasteiger partial charge in [0.2, 0.25) is 9.84 Å². The van der Waals surface area contributed by atoms with E-state index in [1.54, 1.807) is 31.3 Å². The van der Waals surface area contributed by atoms with Crippen LogP contribution in [0.2, 0.25) is 0 Å². The number of halogens is 3. The van der Waals surface area contributed by atoms with Crippen molar-refractivity contribution in [3.05, 3.63) is 41.1 Å². The van der Waals surface area contributed by atoms with E-state index in [-0.39, 0.29) is 22.8 Å². The maximum Gasteiger partial charge on any atom is 0.471 e. The maximum atomic E-state index is 13.2. The number of nitrogens with one attached hydrogen (secondary N) is 1. The highest BCUT2D eigenvalue weighted by molar-refractivity contribution is 7.91. The van der Waals surface area contributed by atoms with E-state index in [0.717, 1.165) is 10.1 Å². The number of nitrogens with zero attached hydrogens (tertiary/aromatic N) is 1. The molecule has 1 aromatic heterocycles. The van der Waals surface area contributed by atoms with Crippen LogP contribution in [0.15, 0.2) is 34.1 Å². The zero-order valence-corrected chi connectivity index (χ0v) is 17.6. The number of carbonyl (C=O) groups is 2. The Hall–Kier alpha value is -2.82. The first-order valence-electron chi connectivity index (χ1n) is 8.86. The first-order chi connectivity index (χ1) is 13.8. The summed E-state index contributed by atoms with van der Waals surface area (Å²) in [4.78, 5) is 22.9. The number of carbonyl (C=O) groups excluding carboxylic acids is 2. The van der Waals surface area contributed by atoms with Crippen LogP contribution in [0.1, 0.15) is 23.7 Å². The largest absolute Gasteiger partial charge is 0.471 e. The van der Waals surface area contributed by atoms with Gasteiger partial charge in [-0.3, -0.25) is 9.59 Å². The second-order valence-corrected chi connectivity index (χ2v) is 8.43. The number of anilines is 1. The van der Waals surface area contributed by atoms with Crippen molar-refractivity contribution in [1.29, 1.82) is 0 Å². The van der Waals surface area contributed by atoms with E-state index < -0.39 is 45.1 Å². The number of hydrogen-bond donors (Lipinski definition) is 1. The van der Waals surface area contributed by atoms with Crippen LogP contribution in [-0.4, -0.2) is 37.6 Å². The van der Waals surface area contributed by atoms with Crippen molar-refractivity contribution in [1.82, 2.24) is 4.57 Å². The Labute approximate surface area is 171 Å². The summed E-state index contributed by atoms with van der Waals surface area (Å²) in [5, 5.41) is 1.63. The Morgan fingerprint density at radius 3 is 2.17 bits per heavy atom. The normalized spacial score (nSPS) is 12.0. The Bertz CT molecular complexity index is 1070. The molecule has 1 aromatic carbocycles. The zero-order chi connectivity index (χ0) is 22.9. The molecule has 0 fully saturated rings. The molecule has 0 saturated carbocycles. The van der Waals surface area contributed by atoms with E-state index in [2.05, 4.69) is 0 Å². The molecular formula is C19H21F3N2O5S. The van der Waals surface area contributed by atoms with E-state index in [1.807, 2.05) is 0 Å². The summed E-state index contributed by atoms with van der Waals surface area (Å²) in [6, 6.07) is 5.71. The Morgan fingerprint density at radius 2 is 1.67 bits per heavy atom. The summed E-state index contributed by atoms with van der Waals surface area (Å²) in [5.74, 6) is -3.79. The Balaban J connectivity index is 2.73. The molecule has 0 aliphatic rings. The number of alkyl halides is 3. The molecule has 0 bridgehead atoms. The quantitative estimate of drug-likeness (QED) is 0.687. The molecule has 1 heterocycles. The highest BCUT2D eigenvalue weighted by atomic mass is 32.2. The molecule has 0 spiro atoms. The van der Waals surface area contributed by atoms with Crippen molar-refractivity contribution in [3.63, 3.8) is 0 Å². The van der Waals surface area contributed by atoms with Crippen molar-refractivity contribution in [2.75, 3.05) is 11.9 Å². The minimum Gasteiger partial charge on any atom is -0.465 e. The van der Waals surface area contributed by atoms with Gasteiger partial charge in [-0.2, -0.15) is 13.2 Å². The fourth-order valence-electron chi connectivity index (χ4n) is 2.83. The van der Waals surface area contributed by atoms with Crippen molar-refractivity contribution < 1.29 is 35.9 Å². The molecular weight excluding hydrogens is 425 g/mol. The summed E-state index contributed by atoms with van der Waals surface area (Å²) >= 11 is 0. The highest BCUT2D eigenvalue weighted by Gasteiger charge is 2.41. The topological polar surface area (TPSA) is 94.5 Å². The molecule has 164 valence electrons. The van der Waals surface area contributed by atoms with Gasteiger partial charge in [-0.15, -0.1) is 0 Å². The van der Waals surface area contributed by atoms with Gasteiger partial charge < -0.3 is 14.6 Å². The summed E-state index contributed by atoms with van der Waals surface area (Å²) in [6.45, 7) is 5.57. The second-order valence-electron chi connectivity index (χ2n) is 6.55. The average molecular weight is 446 g/mol. The van der Waals surface area contributed by atoms with Gasteiger partial charge in [0.15, 0.2) is 0 Å². The van der Waals surface area contributed by atoms with Crippen LogP contribution >= 0.6 is 0 Å². The van der Waals surface area contributed by atoms with Gasteiger partial charge in [0.05, 0.1) is 11.5 Å². The Kier molecular flexibility index (Phi) is 6.65. The lowest BCUT2D eigenvalue weighted by molar-refractivity contribution is -0.167. The highest BCUT2D eigenvalue weighted by Crippen LogP contribution is 2.36. The van der Waals surface area contributed by atoms with Crippen LogP contribution in [0, 0.1) is 20.8 Å². The fraction of sp³-hybridized carbons (Fsp3) is 0.368. The lowest BCUT2D eigenvalue weighted by Gasteiger charge is -2.15. The van der Waals surface area contributed by atoms with Crippen LogP contribution in [0.5, 0.6) is 0 Å². The monoisotopic (exact) mass is 446 g/mol. The van der Waals surface area contributed by atoms with E-state index in [0.29, 0.717) is 0 Å². The van der Waals surface area contributed by atoms with Gasteiger partial charge in [0, 0.05) is 5.69 Å². The van der Waals surface area contributed by atoms with Crippen LogP contribution in [0.4, 0.5) is 19.0 Å². The van der Waals surface area contributed by atoms with E-state index in [4.69, 9.17) is 4.74 Å². The smallest absolute Gasteiger partial charge is 0.465 e. The number of ether oxygens (including phenoxy) is 1. The predicted octanol–water partition coefficient (Wildman–Crippen LogP) is 3.31. The number of hydrogen-bond acceptors (Lipinski definition) is 5. The molecule has 0 atom stereocenters. The molecule has 0 unspecified atom stereocenters. The predicted molar refractivity (Wildman–Crippen MR) is 102 cm³/mol. The first-order valence-corrected chi connectivity index (χ1v) is 10.3. The summed E-state index contributed by atoms with van der Waals surface area (Å²) < 4.78 is 71.0. The third-order valence-corrected chi connectivity index (χ3v) is 6.38. The number of aromatic nitrogens is 1. The lowest BCUT2D eigenvalue weighted by Crippen LogP contribution is -2.32. The van der Waals surface area contributed by atoms with Crippen LogP contribution in [0.3, 0.4) is 0 Å². The fourth-order valence-corrected chi connectivity index (χ4v) is 4.53. The van der Waals surface area contributed by atoms with Crippen molar-refractivity contribution in [3.8, 4) is 0 Å². The third-order valence-electron chi connectivity index (χ3n) is 4.46. The minimum absolute atomic E-state index is 0.0247. The number of amides is 1. The zero-order valence-electron chi connectivity index (χ0n) is 16.8. The van der Waals surface area contributed by atoms with Crippen molar-refractivity contribution in [2.45, 2.75) is 50.2 Å². The molecule has 2 rings (SSSR count). The van der Waals surface area contributed by atoms with Gasteiger partial charge in [0.1, 0.15) is 17.3 Å². The van der Waals surface area contributed by atoms with Crippen LogP contribution in [0.25, 0.3) is 0 Å². The molecule has 2 aromatic rings. The van der Waals surface area contributed by atoms with Crippen molar-refractivity contribution in [2.24, 2.45) is 0 Å². The lowest BCUT2D eigenvalue weighted by atomic mass is 10.2. The number of aryl methyl sites for hydroxylation is 1. The molecule has 0 radical (unpaired) electrons. The van der Waals surface area contributed by atoms with Crippen molar-refractivity contribution >= 4 is 27.5 Å². The third kappa shape index (κ3) is 4.66. The molecule has 30 heavy (non-hydrogen) atoms. The van der Waals surface area contributed by atoms with E-state index in [1.165, 1.54) is 26.0 Å². The van der Waals surface area contributed by atoms with Gasteiger partial charge in [-0.05, 0) is 45.4 Å². The van der Waals surface area contributed by atoms with Gasteiger partial charge in [-0.25, -0.2) is 8.42 Å². The standard InChI is InChI=1S/C19H21F3N2O5S/c1-5-29-15(25)10-24-13(4)12(3)16(17(24)23-18(26)19(20,21)22)30(27,28)14-8-6-11(2)7-9-14/h6-9H,5,10H2,1-4H3,(H,23,26). The summed E-state index contributed by atoms with van der Waals surface area (Å²) in [7, 11) is -4.31. The number of esters is 1. The molecule has 0 aliphatic carbocycles. The van der Waals surface area contributed by atoms with Crippen LogP contribution in [-0.2, 0) is 30.7 Å². The van der Waals surface area contributed by atoms with E-state index >= 15 is 0 Å². The molecule has 0 aliphatic heterocycles. The molecule has 7 nitrogen and oxygen atoms in total. The van der Waals surface area contributed by atoms with Crippen LogP contribution < -0.4 is 5.32 Å². The maximum absolute atomic E-state index is 13.2. The summed E-state index contributed by atoms with van der Waals surface area (Å²) in [6.07, 6.45) is -5.26. The number of benzene rings is 1. The first kappa shape index (κ1) is 23.5. The molecule has 0 saturated heterocycles. The number of sulfone groups is 1. The summed E-state index contributed by atoms with van der Waals surface area (Å²) in [5.41, 5.74) is 1.09. The molecule has 11 heteroatoms. The van der Waals surface area contributed by atoms with Gasteiger partial charge in [0.25, 0.3) is 0 Å². The average Bonchev–Trinajstić information content (AvgIpc) is 2.86. The SMILES string of the molecule is CCOC(=O)Cn1c(C)c(C)c(S(=O)(=O)c2ccc(C)cc2)c1NC(=O)C(F)(F)F. The van der Waals surface area contributed by atoms with E-state index in [9.17, 15) is 31.2 Å². The van der Waals surface area contributed by atoms with Gasteiger partial charge >= 0.3 is 18.1 Å². The second kappa shape index (κ2) is 8.50. The molecule has 1 amide bonds. The Morgan fingerprint density at radius 1 is 1.10 bits per heavy atom.